The second kappa shape index (κ2) is 8.01. The highest BCUT2D eigenvalue weighted by atomic mass is 32.1. The van der Waals surface area contributed by atoms with Gasteiger partial charge in [0.2, 0.25) is 0 Å². The van der Waals surface area contributed by atoms with E-state index in [1.165, 1.54) is 0 Å². The zero-order valence-corrected chi connectivity index (χ0v) is 15.6. The molecule has 0 radical (unpaired) electrons. The number of methoxy groups -OCH3 is 2. The van der Waals surface area contributed by atoms with Crippen LogP contribution in [0.25, 0.3) is 0 Å². The smallest absolute Gasteiger partial charge is 0.173 e. The second-order valence-electron chi connectivity index (χ2n) is 5.45. The number of aryl methyl sites for hydroxylation is 2. The summed E-state index contributed by atoms with van der Waals surface area (Å²) in [4.78, 5) is 1.97. The summed E-state index contributed by atoms with van der Waals surface area (Å²) in [7, 11) is 5.21. The average Bonchev–Trinajstić information content (AvgIpc) is 2.94. The third kappa shape index (κ3) is 4.17. The van der Waals surface area contributed by atoms with Crippen LogP contribution in [-0.4, -0.2) is 41.1 Å². The van der Waals surface area contributed by atoms with Gasteiger partial charge in [0.1, 0.15) is 11.5 Å². The molecule has 0 saturated heterocycles. The molecule has 2 aromatic rings. The van der Waals surface area contributed by atoms with Crippen LogP contribution in [0, 0.1) is 6.92 Å². The Balaban J connectivity index is 2.09. The van der Waals surface area contributed by atoms with Gasteiger partial charge in [0, 0.05) is 38.0 Å². The van der Waals surface area contributed by atoms with Crippen molar-refractivity contribution in [1.82, 2.24) is 14.7 Å². The Hall–Kier alpha value is -2.28. The fourth-order valence-electron chi connectivity index (χ4n) is 2.33. The number of hydrogen-bond donors (Lipinski definition) is 1. The van der Waals surface area contributed by atoms with E-state index in [0.717, 1.165) is 29.2 Å². The first-order valence-electron chi connectivity index (χ1n) is 7.75. The van der Waals surface area contributed by atoms with Gasteiger partial charge in [-0.25, -0.2) is 0 Å². The molecule has 0 aliphatic rings. The van der Waals surface area contributed by atoms with Gasteiger partial charge in [-0.1, -0.05) is 0 Å². The largest absolute Gasteiger partial charge is 0.497 e. The summed E-state index contributed by atoms with van der Waals surface area (Å²) in [5.41, 5.74) is 2.95. The van der Waals surface area contributed by atoms with E-state index in [2.05, 4.69) is 23.5 Å². The van der Waals surface area contributed by atoms with Gasteiger partial charge in [0.15, 0.2) is 5.11 Å². The van der Waals surface area contributed by atoms with Crippen LogP contribution in [0.1, 0.15) is 18.2 Å². The Morgan fingerprint density at radius 1 is 1.33 bits per heavy atom. The molecule has 0 aliphatic heterocycles. The summed E-state index contributed by atoms with van der Waals surface area (Å²) in [6, 6.07) is 5.55. The van der Waals surface area contributed by atoms with E-state index in [9.17, 15) is 0 Å². The lowest BCUT2D eigenvalue weighted by molar-refractivity contribution is 0.404. The summed E-state index contributed by atoms with van der Waals surface area (Å²) in [5.74, 6) is 1.45. The molecule has 0 aliphatic carbocycles. The molecule has 1 N–H and O–H groups in total. The second-order valence-corrected chi connectivity index (χ2v) is 5.83. The topological polar surface area (TPSA) is 51.5 Å². The van der Waals surface area contributed by atoms with E-state index < -0.39 is 0 Å². The predicted molar refractivity (Wildman–Crippen MR) is 99.9 cm³/mol. The molecule has 24 heavy (non-hydrogen) atoms. The van der Waals surface area contributed by atoms with Crippen LogP contribution in [0.4, 0.5) is 5.69 Å². The minimum Gasteiger partial charge on any atom is -0.497 e. The summed E-state index contributed by atoms with van der Waals surface area (Å²) >= 11 is 5.51. The first-order valence-corrected chi connectivity index (χ1v) is 8.16. The molecule has 0 atom stereocenters. The van der Waals surface area contributed by atoms with Crippen molar-refractivity contribution in [3.05, 3.63) is 35.7 Å². The molecule has 0 amide bonds. The lowest BCUT2D eigenvalue weighted by Crippen LogP contribution is -2.30. The Morgan fingerprint density at radius 3 is 2.67 bits per heavy atom. The van der Waals surface area contributed by atoms with Gasteiger partial charge in [-0.3, -0.25) is 4.68 Å². The van der Waals surface area contributed by atoms with E-state index in [4.69, 9.17) is 21.7 Å². The number of ether oxygens (including phenoxy) is 2. The predicted octanol–water partition coefficient (Wildman–Crippen LogP) is 3.06. The Bertz CT molecular complexity index is 715. The van der Waals surface area contributed by atoms with Crippen LogP contribution in [-0.2, 0) is 13.1 Å². The van der Waals surface area contributed by atoms with Gasteiger partial charge in [-0.15, -0.1) is 0 Å². The van der Waals surface area contributed by atoms with E-state index in [0.29, 0.717) is 17.4 Å². The van der Waals surface area contributed by atoms with E-state index in [-0.39, 0.29) is 0 Å². The highest BCUT2D eigenvalue weighted by Crippen LogP contribution is 2.29. The van der Waals surface area contributed by atoms with Crippen LogP contribution in [0.15, 0.2) is 24.4 Å². The van der Waals surface area contributed by atoms with Crippen LogP contribution >= 0.6 is 12.2 Å². The molecule has 7 heteroatoms. The van der Waals surface area contributed by atoms with Crippen molar-refractivity contribution in [3.63, 3.8) is 0 Å². The highest BCUT2D eigenvalue weighted by Gasteiger charge is 2.12. The number of anilines is 1. The molecule has 0 spiro atoms. The van der Waals surface area contributed by atoms with Crippen molar-refractivity contribution >= 4 is 23.0 Å². The molecular formula is C17H24N4O2S. The first-order chi connectivity index (χ1) is 11.5. The maximum atomic E-state index is 5.51. The quantitative estimate of drug-likeness (QED) is 0.810. The van der Waals surface area contributed by atoms with Gasteiger partial charge in [0.05, 0.1) is 25.6 Å². The van der Waals surface area contributed by atoms with Crippen molar-refractivity contribution < 1.29 is 9.47 Å². The van der Waals surface area contributed by atoms with E-state index >= 15 is 0 Å². The minimum absolute atomic E-state index is 0.602. The third-order valence-corrected chi connectivity index (χ3v) is 4.19. The summed E-state index contributed by atoms with van der Waals surface area (Å²) < 4.78 is 12.6. The molecular weight excluding hydrogens is 324 g/mol. The van der Waals surface area contributed by atoms with Crippen LogP contribution in [0.5, 0.6) is 11.5 Å². The monoisotopic (exact) mass is 348 g/mol. The number of thiocarbonyl (C=S) groups is 1. The van der Waals surface area contributed by atoms with E-state index in [1.54, 1.807) is 14.2 Å². The lowest BCUT2D eigenvalue weighted by Gasteiger charge is -2.22. The molecule has 1 heterocycles. The molecule has 130 valence electrons. The first kappa shape index (κ1) is 18.1. The van der Waals surface area contributed by atoms with Crippen LogP contribution in [0.2, 0.25) is 0 Å². The normalized spacial score (nSPS) is 10.4. The number of nitrogens with zero attached hydrogens (tertiary/aromatic N) is 3. The highest BCUT2D eigenvalue weighted by molar-refractivity contribution is 7.80. The summed E-state index contributed by atoms with van der Waals surface area (Å²) in [6.45, 7) is 5.62. The summed E-state index contributed by atoms with van der Waals surface area (Å²) in [6.07, 6.45) is 2.06. The van der Waals surface area contributed by atoms with Crippen molar-refractivity contribution in [2.75, 3.05) is 26.6 Å². The summed E-state index contributed by atoms with van der Waals surface area (Å²) in [5, 5.41) is 8.29. The van der Waals surface area contributed by atoms with Crippen molar-refractivity contribution in [2.24, 2.45) is 0 Å². The van der Waals surface area contributed by atoms with Crippen LogP contribution in [0.3, 0.4) is 0 Å². The average molecular weight is 348 g/mol. The van der Waals surface area contributed by atoms with Gasteiger partial charge in [0.25, 0.3) is 0 Å². The van der Waals surface area contributed by atoms with Crippen LogP contribution < -0.4 is 14.8 Å². The molecule has 0 fully saturated rings. The molecule has 0 unspecified atom stereocenters. The zero-order valence-electron chi connectivity index (χ0n) is 14.8. The van der Waals surface area contributed by atoms with Crippen molar-refractivity contribution in [2.45, 2.75) is 26.9 Å². The zero-order chi connectivity index (χ0) is 17.7. The number of nitrogens with one attached hydrogen (secondary N) is 1. The van der Waals surface area contributed by atoms with E-state index in [1.807, 2.05) is 41.8 Å². The Morgan fingerprint density at radius 2 is 2.08 bits per heavy atom. The maximum Gasteiger partial charge on any atom is 0.173 e. The van der Waals surface area contributed by atoms with Crippen molar-refractivity contribution in [3.8, 4) is 11.5 Å². The SMILES string of the molecule is CCn1cc(CN(C)C(=S)Nc2cc(OC)ccc2OC)c(C)n1. The fraction of sp³-hybridized carbons (Fsp3) is 0.412. The molecule has 1 aromatic heterocycles. The number of rotatable bonds is 6. The van der Waals surface area contributed by atoms with Gasteiger partial charge >= 0.3 is 0 Å². The van der Waals surface area contributed by atoms with Crippen molar-refractivity contribution in [1.29, 1.82) is 0 Å². The fourth-order valence-corrected chi connectivity index (χ4v) is 2.50. The van der Waals surface area contributed by atoms with Gasteiger partial charge < -0.3 is 19.7 Å². The molecule has 2 rings (SSSR count). The minimum atomic E-state index is 0.602. The molecule has 6 nitrogen and oxygen atoms in total. The Labute approximate surface area is 148 Å². The standard InChI is InChI=1S/C17H24N4O2S/c1-6-21-11-13(12(2)19-21)10-20(3)17(24)18-15-9-14(22-4)7-8-16(15)23-5/h7-9,11H,6,10H2,1-5H3,(H,18,24). The van der Waals surface area contributed by atoms with Gasteiger partial charge in [-0.2, -0.15) is 5.10 Å². The third-order valence-electron chi connectivity index (χ3n) is 3.77. The Kier molecular flexibility index (Phi) is 6.03. The number of hydrogen-bond acceptors (Lipinski definition) is 4. The van der Waals surface area contributed by atoms with Gasteiger partial charge in [-0.05, 0) is 38.2 Å². The molecule has 0 bridgehead atoms. The molecule has 0 saturated carbocycles. The lowest BCUT2D eigenvalue weighted by atomic mass is 10.2. The maximum absolute atomic E-state index is 5.51. The number of benzene rings is 1. The molecule has 1 aromatic carbocycles. The number of aromatic nitrogens is 2.